The second kappa shape index (κ2) is 3.23. The Morgan fingerprint density at radius 2 is 2.36 bits per heavy atom. The summed E-state index contributed by atoms with van der Waals surface area (Å²) in [5, 5.41) is 0. The Morgan fingerprint density at radius 1 is 1.73 bits per heavy atom. The first kappa shape index (κ1) is 9.20. The minimum absolute atomic E-state index is 0.0515. The molecule has 1 aliphatic heterocycles. The molecule has 3 heteroatoms. The Morgan fingerprint density at radius 3 is 2.82 bits per heavy atom. The normalized spacial score (nSPS) is 45.7. The van der Waals surface area contributed by atoms with Crippen molar-refractivity contribution in [2.75, 3.05) is 5.75 Å². The largest absolute Gasteiger partial charge is 0.327 e. The van der Waals surface area contributed by atoms with E-state index in [9.17, 15) is 4.21 Å². The third-order valence-electron chi connectivity index (χ3n) is 2.71. The lowest BCUT2D eigenvalue weighted by atomic mass is 9.98. The van der Waals surface area contributed by atoms with Crippen LogP contribution in [0, 0.1) is 0 Å². The minimum Gasteiger partial charge on any atom is -0.327 e. The molecule has 1 saturated heterocycles. The molecule has 0 spiro atoms. The number of nitrogens with two attached hydrogens (primary N) is 1. The fourth-order valence-electron chi connectivity index (χ4n) is 1.42. The molecular weight excluding hydrogens is 158 g/mol. The van der Waals surface area contributed by atoms with Crippen LogP contribution < -0.4 is 5.73 Å². The molecule has 0 saturated carbocycles. The summed E-state index contributed by atoms with van der Waals surface area (Å²) in [7, 11) is -0.699. The van der Waals surface area contributed by atoms with Gasteiger partial charge in [0.05, 0.1) is 0 Å². The SMILES string of the molecule is CCC1(C)CCC(N)CS1=O. The van der Waals surface area contributed by atoms with E-state index in [2.05, 4.69) is 13.8 Å². The van der Waals surface area contributed by atoms with Gasteiger partial charge in [-0.25, -0.2) is 0 Å². The summed E-state index contributed by atoms with van der Waals surface area (Å²) in [6.07, 6.45) is 3.07. The van der Waals surface area contributed by atoms with Crippen molar-refractivity contribution in [3.63, 3.8) is 0 Å². The van der Waals surface area contributed by atoms with E-state index in [4.69, 9.17) is 5.73 Å². The molecule has 0 aromatic carbocycles. The van der Waals surface area contributed by atoms with Crippen molar-refractivity contribution in [2.24, 2.45) is 5.73 Å². The van der Waals surface area contributed by atoms with Crippen molar-refractivity contribution < 1.29 is 4.21 Å². The summed E-state index contributed by atoms with van der Waals surface area (Å²) in [6, 6.07) is 0.176. The van der Waals surface area contributed by atoms with Crippen molar-refractivity contribution in [3.8, 4) is 0 Å². The summed E-state index contributed by atoms with van der Waals surface area (Å²) in [5.41, 5.74) is 5.71. The molecule has 2 N–H and O–H groups in total. The quantitative estimate of drug-likeness (QED) is 0.646. The fourth-order valence-corrected chi connectivity index (χ4v) is 3.05. The fraction of sp³-hybridized carbons (Fsp3) is 1.00. The highest BCUT2D eigenvalue weighted by Crippen LogP contribution is 2.29. The highest BCUT2D eigenvalue weighted by molar-refractivity contribution is 7.86. The van der Waals surface area contributed by atoms with E-state index in [1.807, 2.05) is 0 Å². The van der Waals surface area contributed by atoms with Crippen LogP contribution in [0.25, 0.3) is 0 Å². The van der Waals surface area contributed by atoms with Crippen LogP contribution in [-0.2, 0) is 10.8 Å². The molecule has 1 fully saturated rings. The van der Waals surface area contributed by atoms with Crippen LogP contribution in [-0.4, -0.2) is 20.8 Å². The van der Waals surface area contributed by atoms with Gasteiger partial charge < -0.3 is 5.73 Å². The van der Waals surface area contributed by atoms with Crippen molar-refractivity contribution >= 4 is 10.8 Å². The standard InChI is InChI=1S/C8H17NOS/c1-3-8(2)5-4-7(9)6-11(8)10/h7H,3-6,9H2,1-2H3. The molecule has 3 atom stereocenters. The maximum atomic E-state index is 11.6. The van der Waals surface area contributed by atoms with Crippen molar-refractivity contribution in [1.82, 2.24) is 0 Å². The van der Waals surface area contributed by atoms with Gasteiger partial charge >= 0.3 is 0 Å². The topological polar surface area (TPSA) is 43.1 Å². The van der Waals surface area contributed by atoms with Crippen LogP contribution >= 0.6 is 0 Å². The van der Waals surface area contributed by atoms with Crippen molar-refractivity contribution in [1.29, 1.82) is 0 Å². The molecule has 2 nitrogen and oxygen atoms in total. The summed E-state index contributed by atoms with van der Waals surface area (Å²) in [6.45, 7) is 4.21. The molecule has 1 heterocycles. The van der Waals surface area contributed by atoms with Crippen LogP contribution in [0.2, 0.25) is 0 Å². The molecule has 0 aromatic rings. The number of hydrogen-bond acceptors (Lipinski definition) is 2. The third kappa shape index (κ3) is 1.82. The monoisotopic (exact) mass is 175 g/mol. The minimum atomic E-state index is -0.699. The Balaban J connectivity index is 2.64. The van der Waals surface area contributed by atoms with Crippen LogP contribution in [0.5, 0.6) is 0 Å². The van der Waals surface area contributed by atoms with E-state index in [1.165, 1.54) is 0 Å². The first-order chi connectivity index (χ1) is 5.08. The summed E-state index contributed by atoms with van der Waals surface area (Å²) in [4.78, 5) is 0. The molecule has 0 amide bonds. The number of hydrogen-bond donors (Lipinski definition) is 1. The average molecular weight is 175 g/mol. The van der Waals surface area contributed by atoms with Crippen LogP contribution in [0.4, 0.5) is 0 Å². The highest BCUT2D eigenvalue weighted by Gasteiger charge is 2.34. The van der Waals surface area contributed by atoms with Gasteiger partial charge in [-0.2, -0.15) is 0 Å². The lowest BCUT2D eigenvalue weighted by Gasteiger charge is -2.34. The van der Waals surface area contributed by atoms with Gasteiger partial charge in [0.1, 0.15) is 0 Å². The average Bonchev–Trinajstić information content (AvgIpc) is 1.98. The second-order valence-corrected chi connectivity index (χ2v) is 5.62. The van der Waals surface area contributed by atoms with Gasteiger partial charge in [-0.1, -0.05) is 6.92 Å². The number of rotatable bonds is 1. The zero-order chi connectivity index (χ0) is 8.48. The van der Waals surface area contributed by atoms with Gasteiger partial charge in [0.2, 0.25) is 0 Å². The summed E-state index contributed by atoms with van der Waals surface area (Å²) < 4.78 is 11.6. The van der Waals surface area contributed by atoms with Crippen molar-refractivity contribution in [2.45, 2.75) is 43.9 Å². The zero-order valence-electron chi connectivity index (χ0n) is 7.30. The first-order valence-electron chi connectivity index (χ1n) is 4.22. The molecule has 0 bridgehead atoms. The Hall–Kier alpha value is 0.110. The lowest BCUT2D eigenvalue weighted by Crippen LogP contribution is -2.44. The van der Waals surface area contributed by atoms with Gasteiger partial charge in [0.25, 0.3) is 0 Å². The van der Waals surface area contributed by atoms with Gasteiger partial charge in [0.15, 0.2) is 0 Å². The van der Waals surface area contributed by atoms with Gasteiger partial charge in [-0.05, 0) is 26.2 Å². The van der Waals surface area contributed by atoms with Gasteiger partial charge in [-0.15, -0.1) is 0 Å². The molecule has 0 aromatic heterocycles. The first-order valence-corrected chi connectivity index (χ1v) is 5.54. The molecular formula is C8H17NOS. The second-order valence-electron chi connectivity index (χ2n) is 3.61. The molecule has 66 valence electrons. The highest BCUT2D eigenvalue weighted by atomic mass is 32.2. The molecule has 0 radical (unpaired) electrons. The molecule has 1 rings (SSSR count). The van der Waals surface area contributed by atoms with E-state index < -0.39 is 10.8 Å². The van der Waals surface area contributed by atoms with Gasteiger partial charge in [-0.3, -0.25) is 4.21 Å². The predicted molar refractivity (Wildman–Crippen MR) is 48.9 cm³/mol. The molecule has 11 heavy (non-hydrogen) atoms. The Labute approximate surface area is 71.0 Å². The van der Waals surface area contributed by atoms with E-state index >= 15 is 0 Å². The smallest absolute Gasteiger partial charge is 0.0429 e. The van der Waals surface area contributed by atoms with Gasteiger partial charge in [0, 0.05) is 27.3 Å². The Bertz CT molecular complexity index is 171. The van der Waals surface area contributed by atoms with Crippen molar-refractivity contribution in [3.05, 3.63) is 0 Å². The van der Waals surface area contributed by atoms with Crippen LogP contribution in [0.15, 0.2) is 0 Å². The maximum Gasteiger partial charge on any atom is 0.0429 e. The summed E-state index contributed by atoms with van der Waals surface area (Å²) >= 11 is 0. The molecule has 1 aliphatic rings. The van der Waals surface area contributed by atoms with E-state index in [1.54, 1.807) is 0 Å². The summed E-state index contributed by atoms with van der Waals surface area (Å²) in [5.74, 6) is 0.699. The Kier molecular flexibility index (Phi) is 2.70. The zero-order valence-corrected chi connectivity index (χ0v) is 8.12. The molecule has 0 aliphatic carbocycles. The van der Waals surface area contributed by atoms with E-state index in [0.29, 0.717) is 5.75 Å². The van der Waals surface area contributed by atoms with E-state index in [-0.39, 0.29) is 10.8 Å². The van der Waals surface area contributed by atoms with Crippen LogP contribution in [0.1, 0.15) is 33.1 Å². The third-order valence-corrected chi connectivity index (χ3v) is 5.03. The van der Waals surface area contributed by atoms with Crippen LogP contribution in [0.3, 0.4) is 0 Å². The predicted octanol–water partition coefficient (Wildman–Crippen LogP) is 1.02. The molecule has 3 unspecified atom stereocenters. The lowest BCUT2D eigenvalue weighted by molar-refractivity contribution is 0.465. The van der Waals surface area contributed by atoms with E-state index in [0.717, 1.165) is 19.3 Å². The maximum absolute atomic E-state index is 11.6.